The number of fused-ring (bicyclic) bond motifs is 1. The minimum Gasteiger partial charge on any atom is -0.530 e. The third-order valence-electron chi connectivity index (χ3n) is 7.10. The Morgan fingerprint density at radius 2 is 1.67 bits per heavy atom. The summed E-state index contributed by atoms with van der Waals surface area (Å²) in [4.78, 5) is 12.9. The van der Waals surface area contributed by atoms with Gasteiger partial charge in [-0.2, -0.15) is 0 Å². The van der Waals surface area contributed by atoms with Crippen LogP contribution in [0.15, 0.2) is 91.0 Å². The standard InChI is InChI=1S/C32H33NO6/c34-30-19-24(18-26-8-4-5-9-28(26)30)22-39-31-20-33(32(35)36)15-14-29(31)25-10-12-27(13-11-25)38-17-16-37-21-23-6-2-1-3-7-23/h1-13,18-19,29,31,34H,14-17,20-22H2,(H,35,36)/p-1. The molecule has 39 heavy (non-hydrogen) atoms. The zero-order valence-electron chi connectivity index (χ0n) is 21.7. The first-order chi connectivity index (χ1) is 19.1. The minimum atomic E-state index is -1.19. The number of likely N-dealkylation sites (tertiary alicyclic amines) is 1. The summed E-state index contributed by atoms with van der Waals surface area (Å²) in [5, 5.41) is 23.7. The van der Waals surface area contributed by atoms with Gasteiger partial charge in [-0.25, -0.2) is 0 Å². The molecular formula is C32H32NO6-. The van der Waals surface area contributed by atoms with Gasteiger partial charge in [0.25, 0.3) is 0 Å². The van der Waals surface area contributed by atoms with Crippen LogP contribution < -0.4 is 9.84 Å². The van der Waals surface area contributed by atoms with E-state index in [0.717, 1.165) is 33.2 Å². The lowest BCUT2D eigenvalue weighted by atomic mass is 9.87. The van der Waals surface area contributed by atoms with Gasteiger partial charge in [0, 0.05) is 24.4 Å². The molecule has 0 bridgehead atoms. The monoisotopic (exact) mass is 526 g/mol. The lowest BCUT2D eigenvalue weighted by Crippen LogP contribution is -2.51. The molecule has 4 aromatic carbocycles. The van der Waals surface area contributed by atoms with Gasteiger partial charge in [-0.15, -0.1) is 0 Å². The number of piperidine rings is 1. The van der Waals surface area contributed by atoms with Crippen LogP contribution in [0.2, 0.25) is 0 Å². The zero-order valence-corrected chi connectivity index (χ0v) is 21.7. The normalized spacial score (nSPS) is 17.3. The Balaban J connectivity index is 1.19. The molecule has 0 saturated carbocycles. The summed E-state index contributed by atoms with van der Waals surface area (Å²) in [5.41, 5.74) is 3.02. The van der Waals surface area contributed by atoms with Crippen molar-refractivity contribution in [2.75, 3.05) is 26.3 Å². The zero-order chi connectivity index (χ0) is 27.0. The number of phenolic OH excluding ortho intramolecular Hbond substituents is 1. The van der Waals surface area contributed by atoms with E-state index in [-0.39, 0.29) is 30.9 Å². The Hall–Kier alpha value is -4.07. The van der Waals surface area contributed by atoms with Crippen molar-refractivity contribution in [3.05, 3.63) is 108 Å². The van der Waals surface area contributed by atoms with Crippen LogP contribution in [-0.4, -0.2) is 48.5 Å². The second-order valence-electron chi connectivity index (χ2n) is 9.75. The molecule has 2 unspecified atom stereocenters. The molecule has 7 nitrogen and oxygen atoms in total. The number of hydrogen-bond donors (Lipinski definition) is 1. The highest BCUT2D eigenvalue weighted by molar-refractivity contribution is 5.88. The van der Waals surface area contributed by atoms with E-state index in [2.05, 4.69) is 0 Å². The molecule has 4 aromatic rings. The van der Waals surface area contributed by atoms with Crippen LogP contribution in [0.5, 0.6) is 11.5 Å². The van der Waals surface area contributed by atoms with Crippen LogP contribution >= 0.6 is 0 Å². The molecule has 0 spiro atoms. The lowest BCUT2D eigenvalue weighted by molar-refractivity contribution is -0.268. The van der Waals surface area contributed by atoms with E-state index < -0.39 is 6.09 Å². The fourth-order valence-corrected chi connectivity index (χ4v) is 5.06. The van der Waals surface area contributed by atoms with Gasteiger partial charge in [0.15, 0.2) is 0 Å². The van der Waals surface area contributed by atoms with Crippen molar-refractivity contribution in [2.24, 2.45) is 0 Å². The van der Waals surface area contributed by atoms with Crippen molar-refractivity contribution >= 4 is 16.9 Å². The Labute approximate surface area is 228 Å². The van der Waals surface area contributed by atoms with Crippen molar-refractivity contribution < 1.29 is 29.2 Å². The first-order valence-corrected chi connectivity index (χ1v) is 13.2. The van der Waals surface area contributed by atoms with Gasteiger partial charge in [-0.3, -0.25) is 0 Å². The van der Waals surface area contributed by atoms with Crippen molar-refractivity contribution in [1.29, 1.82) is 0 Å². The number of nitrogens with zero attached hydrogens (tertiary/aromatic N) is 1. The first kappa shape index (κ1) is 26.5. The molecule has 1 heterocycles. The van der Waals surface area contributed by atoms with Crippen LogP contribution in [0.25, 0.3) is 10.8 Å². The number of carboxylic acid groups (broad SMARTS) is 1. The minimum absolute atomic E-state index is 0.0120. The Bertz CT molecular complexity index is 1370. The van der Waals surface area contributed by atoms with Crippen molar-refractivity contribution in [3.8, 4) is 11.5 Å². The molecule has 1 amide bonds. The third kappa shape index (κ3) is 6.88. The largest absolute Gasteiger partial charge is 0.530 e. The number of benzene rings is 4. The average Bonchev–Trinajstić information content (AvgIpc) is 2.97. The molecule has 0 radical (unpaired) electrons. The maximum absolute atomic E-state index is 11.6. The number of carbonyl (C=O) groups is 1. The smallest absolute Gasteiger partial charge is 0.137 e. The maximum Gasteiger partial charge on any atom is 0.137 e. The van der Waals surface area contributed by atoms with Crippen molar-refractivity contribution in [1.82, 2.24) is 4.90 Å². The highest BCUT2D eigenvalue weighted by Crippen LogP contribution is 2.33. The summed E-state index contributed by atoms with van der Waals surface area (Å²) >= 11 is 0. The van der Waals surface area contributed by atoms with E-state index in [9.17, 15) is 15.0 Å². The predicted molar refractivity (Wildman–Crippen MR) is 147 cm³/mol. The quantitative estimate of drug-likeness (QED) is 0.297. The van der Waals surface area contributed by atoms with Gasteiger partial charge in [0.2, 0.25) is 0 Å². The van der Waals surface area contributed by atoms with E-state index in [4.69, 9.17) is 14.2 Å². The summed E-state index contributed by atoms with van der Waals surface area (Å²) in [5.74, 6) is 0.959. The molecule has 1 N–H and O–H groups in total. The molecule has 2 atom stereocenters. The molecule has 7 heteroatoms. The number of ether oxygens (including phenoxy) is 3. The second-order valence-corrected chi connectivity index (χ2v) is 9.75. The molecule has 1 aliphatic heterocycles. The summed E-state index contributed by atoms with van der Waals surface area (Å²) in [6.07, 6.45) is -0.929. The lowest BCUT2D eigenvalue weighted by Gasteiger charge is -2.40. The molecule has 1 aliphatic rings. The number of hydrogen-bond acceptors (Lipinski definition) is 6. The van der Waals surface area contributed by atoms with Gasteiger partial charge >= 0.3 is 0 Å². The third-order valence-corrected chi connectivity index (χ3v) is 7.10. The van der Waals surface area contributed by atoms with Gasteiger partial charge in [-0.05, 0) is 52.8 Å². The highest BCUT2D eigenvalue weighted by atomic mass is 16.5. The van der Waals surface area contributed by atoms with Crippen LogP contribution in [-0.2, 0) is 22.7 Å². The van der Waals surface area contributed by atoms with E-state index >= 15 is 0 Å². The van der Waals surface area contributed by atoms with E-state index in [0.29, 0.717) is 32.8 Å². The predicted octanol–water partition coefficient (Wildman–Crippen LogP) is 4.86. The molecule has 202 valence electrons. The van der Waals surface area contributed by atoms with E-state index in [1.807, 2.05) is 84.9 Å². The maximum atomic E-state index is 11.6. The fraction of sp³-hybridized carbons (Fsp3) is 0.281. The average molecular weight is 527 g/mol. The molecule has 1 fully saturated rings. The Kier molecular flexibility index (Phi) is 8.61. The van der Waals surface area contributed by atoms with E-state index in [1.165, 1.54) is 4.90 Å². The Morgan fingerprint density at radius 1 is 0.897 bits per heavy atom. The molecule has 1 saturated heterocycles. The van der Waals surface area contributed by atoms with Crippen LogP contribution in [0, 0.1) is 0 Å². The molecule has 0 aromatic heterocycles. The van der Waals surface area contributed by atoms with Crippen molar-refractivity contribution in [3.63, 3.8) is 0 Å². The van der Waals surface area contributed by atoms with Crippen LogP contribution in [0.1, 0.15) is 29.0 Å². The number of rotatable bonds is 10. The Morgan fingerprint density at radius 3 is 2.46 bits per heavy atom. The summed E-state index contributed by atoms with van der Waals surface area (Å²) in [6.45, 7) is 2.35. The summed E-state index contributed by atoms with van der Waals surface area (Å²) < 4.78 is 17.8. The van der Waals surface area contributed by atoms with Crippen molar-refractivity contribution in [2.45, 2.75) is 31.7 Å². The number of phenols is 1. The molecule has 0 aliphatic carbocycles. The van der Waals surface area contributed by atoms with Crippen LogP contribution in [0.3, 0.4) is 0 Å². The van der Waals surface area contributed by atoms with Gasteiger partial charge < -0.3 is 34.1 Å². The SMILES string of the molecule is O=C([O-])N1CCC(c2ccc(OCCOCc3ccccc3)cc2)C(OCc2cc(O)c3ccccc3c2)C1. The number of carbonyl (C=O) groups excluding carboxylic acids is 1. The first-order valence-electron chi connectivity index (χ1n) is 13.2. The van der Waals surface area contributed by atoms with Gasteiger partial charge in [0.05, 0.1) is 25.9 Å². The van der Waals surface area contributed by atoms with E-state index in [1.54, 1.807) is 6.07 Å². The second kappa shape index (κ2) is 12.7. The summed E-state index contributed by atoms with van der Waals surface area (Å²) in [7, 11) is 0. The highest BCUT2D eigenvalue weighted by Gasteiger charge is 2.31. The van der Waals surface area contributed by atoms with Gasteiger partial charge in [-0.1, -0.05) is 66.7 Å². The number of aromatic hydroxyl groups is 1. The fourth-order valence-electron chi connectivity index (χ4n) is 5.06. The topological polar surface area (TPSA) is 91.3 Å². The molecule has 5 rings (SSSR count). The van der Waals surface area contributed by atoms with Gasteiger partial charge in [0.1, 0.15) is 24.2 Å². The summed E-state index contributed by atoms with van der Waals surface area (Å²) in [6, 6.07) is 29.2. The number of amides is 1. The molecular weight excluding hydrogens is 494 g/mol. The van der Waals surface area contributed by atoms with Crippen LogP contribution in [0.4, 0.5) is 4.79 Å².